The first-order valence-corrected chi connectivity index (χ1v) is 6.72. The standard InChI is InChI=1S/C14H23BN2O2/c1-9-7-11(10(2)16)8-17-12(9)15-18-13(3,4)14(5,6)19-15/h7-8,10H,16H2,1-6H3. The molecule has 1 atom stereocenters. The number of pyridine rings is 1. The fourth-order valence-electron chi connectivity index (χ4n) is 2.06. The van der Waals surface area contributed by atoms with Crippen LogP contribution >= 0.6 is 0 Å². The van der Waals surface area contributed by atoms with E-state index < -0.39 is 7.12 Å². The first-order chi connectivity index (χ1) is 8.64. The number of aryl methyl sites for hydroxylation is 1. The number of hydrogen-bond donors (Lipinski definition) is 1. The van der Waals surface area contributed by atoms with E-state index in [0.717, 1.165) is 16.7 Å². The van der Waals surface area contributed by atoms with Gasteiger partial charge in [-0.1, -0.05) is 6.07 Å². The second-order valence-corrected chi connectivity index (χ2v) is 6.35. The molecule has 4 nitrogen and oxygen atoms in total. The van der Waals surface area contributed by atoms with Gasteiger partial charge in [-0.05, 0) is 52.7 Å². The van der Waals surface area contributed by atoms with E-state index in [0.29, 0.717) is 0 Å². The minimum Gasteiger partial charge on any atom is -0.398 e. The summed E-state index contributed by atoms with van der Waals surface area (Å²) in [5.41, 5.74) is 8.10. The Morgan fingerprint density at radius 1 is 1.21 bits per heavy atom. The van der Waals surface area contributed by atoms with Crippen molar-refractivity contribution in [2.24, 2.45) is 5.73 Å². The molecule has 0 spiro atoms. The van der Waals surface area contributed by atoms with Crippen molar-refractivity contribution in [3.05, 3.63) is 23.4 Å². The molecule has 0 aromatic carbocycles. The highest BCUT2D eigenvalue weighted by molar-refractivity contribution is 6.61. The van der Waals surface area contributed by atoms with Gasteiger partial charge in [-0.3, -0.25) is 4.98 Å². The first-order valence-electron chi connectivity index (χ1n) is 6.72. The van der Waals surface area contributed by atoms with Gasteiger partial charge in [-0.25, -0.2) is 0 Å². The van der Waals surface area contributed by atoms with E-state index in [-0.39, 0.29) is 17.2 Å². The van der Waals surface area contributed by atoms with Crippen molar-refractivity contribution in [1.82, 2.24) is 4.98 Å². The van der Waals surface area contributed by atoms with Crippen LogP contribution in [-0.4, -0.2) is 23.3 Å². The molecule has 2 heterocycles. The molecule has 0 aliphatic carbocycles. The van der Waals surface area contributed by atoms with Crippen molar-refractivity contribution in [2.45, 2.75) is 58.8 Å². The molecule has 2 N–H and O–H groups in total. The molecule has 1 aromatic heterocycles. The SMILES string of the molecule is Cc1cc(C(C)N)cnc1B1OC(C)(C)C(C)(C)O1. The molecule has 2 rings (SSSR count). The minimum atomic E-state index is -0.410. The monoisotopic (exact) mass is 262 g/mol. The fraction of sp³-hybridized carbons (Fsp3) is 0.643. The molecule has 1 saturated heterocycles. The topological polar surface area (TPSA) is 57.4 Å². The number of hydrogen-bond acceptors (Lipinski definition) is 4. The van der Waals surface area contributed by atoms with Gasteiger partial charge in [0.2, 0.25) is 0 Å². The highest BCUT2D eigenvalue weighted by Crippen LogP contribution is 2.36. The predicted octanol–water partition coefficient (Wildman–Crippen LogP) is 1.71. The van der Waals surface area contributed by atoms with Gasteiger partial charge in [0.1, 0.15) is 0 Å². The van der Waals surface area contributed by atoms with Gasteiger partial charge in [-0.2, -0.15) is 0 Å². The normalized spacial score (nSPS) is 22.6. The third kappa shape index (κ3) is 2.55. The smallest absolute Gasteiger partial charge is 0.398 e. The molecule has 0 radical (unpaired) electrons. The zero-order chi connectivity index (χ0) is 14.4. The third-order valence-corrected chi connectivity index (χ3v) is 4.14. The Balaban J connectivity index is 2.30. The summed E-state index contributed by atoms with van der Waals surface area (Å²) < 4.78 is 12.0. The molecule has 1 unspecified atom stereocenters. The molecular weight excluding hydrogens is 239 g/mol. The Kier molecular flexibility index (Phi) is 3.50. The molecule has 104 valence electrons. The maximum atomic E-state index is 6.02. The lowest BCUT2D eigenvalue weighted by Crippen LogP contribution is -2.41. The Labute approximate surface area is 115 Å². The van der Waals surface area contributed by atoms with Gasteiger partial charge < -0.3 is 15.0 Å². The summed E-state index contributed by atoms with van der Waals surface area (Å²) in [5, 5.41) is 0. The number of rotatable bonds is 2. The van der Waals surface area contributed by atoms with Crippen LogP contribution in [0.5, 0.6) is 0 Å². The van der Waals surface area contributed by atoms with Crippen molar-refractivity contribution >= 4 is 12.7 Å². The Bertz CT molecular complexity index is 470. The summed E-state index contributed by atoms with van der Waals surface area (Å²) in [6, 6.07) is 2.04. The van der Waals surface area contributed by atoms with E-state index in [4.69, 9.17) is 15.0 Å². The quantitative estimate of drug-likeness (QED) is 0.824. The molecule has 0 amide bonds. The summed E-state index contributed by atoms with van der Waals surface area (Å²) in [6.45, 7) is 12.1. The summed E-state index contributed by atoms with van der Waals surface area (Å²) in [5.74, 6) is 0. The van der Waals surface area contributed by atoms with Crippen LogP contribution in [-0.2, 0) is 9.31 Å². The summed E-state index contributed by atoms with van der Waals surface area (Å²) >= 11 is 0. The van der Waals surface area contributed by atoms with Crippen LogP contribution < -0.4 is 11.3 Å². The molecule has 1 aromatic rings. The van der Waals surface area contributed by atoms with Gasteiger partial charge in [0.05, 0.1) is 16.8 Å². The molecule has 19 heavy (non-hydrogen) atoms. The maximum absolute atomic E-state index is 6.02. The van der Waals surface area contributed by atoms with Gasteiger partial charge in [-0.15, -0.1) is 0 Å². The second-order valence-electron chi connectivity index (χ2n) is 6.35. The van der Waals surface area contributed by atoms with Gasteiger partial charge in [0, 0.05) is 12.2 Å². The molecule has 0 bridgehead atoms. The zero-order valence-electron chi connectivity index (χ0n) is 12.7. The van der Waals surface area contributed by atoms with Crippen molar-refractivity contribution in [3.8, 4) is 0 Å². The highest BCUT2D eigenvalue weighted by atomic mass is 16.7. The van der Waals surface area contributed by atoms with E-state index in [9.17, 15) is 0 Å². The van der Waals surface area contributed by atoms with E-state index in [1.165, 1.54) is 0 Å². The molecule has 1 fully saturated rings. The van der Waals surface area contributed by atoms with Crippen LogP contribution in [0.25, 0.3) is 0 Å². The van der Waals surface area contributed by atoms with Crippen molar-refractivity contribution in [2.75, 3.05) is 0 Å². The second kappa shape index (κ2) is 4.58. The predicted molar refractivity (Wildman–Crippen MR) is 77.3 cm³/mol. The minimum absolute atomic E-state index is 0.0152. The number of nitrogens with two attached hydrogens (primary N) is 1. The fourth-order valence-corrected chi connectivity index (χ4v) is 2.06. The highest BCUT2D eigenvalue weighted by Gasteiger charge is 2.52. The van der Waals surface area contributed by atoms with Crippen LogP contribution in [0.4, 0.5) is 0 Å². The largest absolute Gasteiger partial charge is 0.514 e. The average Bonchev–Trinajstić information content (AvgIpc) is 2.47. The van der Waals surface area contributed by atoms with Gasteiger partial charge in [0.25, 0.3) is 0 Å². The number of nitrogens with zero attached hydrogens (tertiary/aromatic N) is 1. The molecule has 1 aliphatic rings. The lowest BCUT2D eigenvalue weighted by molar-refractivity contribution is 0.00578. The van der Waals surface area contributed by atoms with Crippen molar-refractivity contribution in [3.63, 3.8) is 0 Å². The molecule has 0 saturated carbocycles. The van der Waals surface area contributed by atoms with E-state index in [1.807, 2.05) is 41.5 Å². The Morgan fingerprint density at radius 2 is 1.74 bits per heavy atom. The summed E-state index contributed by atoms with van der Waals surface area (Å²) in [4.78, 5) is 4.48. The lowest BCUT2D eigenvalue weighted by atomic mass is 9.80. The molecular formula is C14H23BN2O2. The van der Waals surface area contributed by atoms with Crippen LogP contribution in [0.3, 0.4) is 0 Å². The van der Waals surface area contributed by atoms with E-state index in [2.05, 4.69) is 11.1 Å². The van der Waals surface area contributed by atoms with Crippen molar-refractivity contribution < 1.29 is 9.31 Å². The van der Waals surface area contributed by atoms with Gasteiger partial charge >= 0.3 is 7.12 Å². The Morgan fingerprint density at radius 3 is 2.16 bits per heavy atom. The molecule has 5 heteroatoms. The zero-order valence-corrected chi connectivity index (χ0v) is 12.7. The molecule has 1 aliphatic heterocycles. The van der Waals surface area contributed by atoms with E-state index >= 15 is 0 Å². The van der Waals surface area contributed by atoms with Crippen molar-refractivity contribution in [1.29, 1.82) is 0 Å². The maximum Gasteiger partial charge on any atom is 0.514 e. The lowest BCUT2D eigenvalue weighted by Gasteiger charge is -2.32. The van der Waals surface area contributed by atoms with Gasteiger partial charge in [0.15, 0.2) is 0 Å². The first kappa shape index (κ1) is 14.5. The van der Waals surface area contributed by atoms with Crippen LogP contribution in [0.1, 0.15) is 51.8 Å². The number of aromatic nitrogens is 1. The summed E-state index contributed by atoms with van der Waals surface area (Å²) in [6.07, 6.45) is 1.80. The van der Waals surface area contributed by atoms with E-state index in [1.54, 1.807) is 6.20 Å². The summed E-state index contributed by atoms with van der Waals surface area (Å²) in [7, 11) is -0.410. The van der Waals surface area contributed by atoms with Crippen LogP contribution in [0, 0.1) is 6.92 Å². The van der Waals surface area contributed by atoms with Crippen LogP contribution in [0.2, 0.25) is 0 Å². The van der Waals surface area contributed by atoms with Crippen LogP contribution in [0.15, 0.2) is 12.3 Å². The average molecular weight is 262 g/mol. The third-order valence-electron chi connectivity index (χ3n) is 4.14. The Hall–Kier alpha value is -0.905.